The van der Waals surface area contributed by atoms with Crippen molar-refractivity contribution in [2.24, 2.45) is 24.8 Å². The van der Waals surface area contributed by atoms with Crippen LogP contribution in [0.4, 0.5) is 0 Å². The fraction of sp³-hybridized carbons (Fsp3) is 0.615. The van der Waals surface area contributed by atoms with E-state index in [0.29, 0.717) is 23.7 Å². The third-order valence-corrected chi connectivity index (χ3v) is 8.63. The SMILES string of the molecule is CCOP(=O)(C[C@@H](CC(C)C)C(=O)N[C@@H](CC(C)C)C(=O)NC)Cn1c(=O)c2ccccc2n(C)c1=O. The normalized spacial score (nSPS) is 14.9. The molecule has 0 saturated heterocycles. The summed E-state index contributed by atoms with van der Waals surface area (Å²) >= 11 is 0. The zero-order valence-electron chi connectivity index (χ0n) is 22.9. The van der Waals surface area contributed by atoms with Gasteiger partial charge in [-0.3, -0.25) is 23.5 Å². The van der Waals surface area contributed by atoms with Crippen LogP contribution in [0.1, 0.15) is 47.5 Å². The average molecular weight is 537 g/mol. The fourth-order valence-corrected chi connectivity index (χ4v) is 6.97. The van der Waals surface area contributed by atoms with E-state index in [1.54, 1.807) is 38.2 Å². The number of likely N-dealkylation sites (N-methyl/N-ethyl adjacent to an activating group) is 1. The topological polar surface area (TPSA) is 128 Å². The fourth-order valence-electron chi connectivity index (χ4n) is 4.53. The second-order valence-electron chi connectivity index (χ2n) is 10.3. The third-order valence-electron chi connectivity index (χ3n) is 6.19. The Labute approximate surface area is 218 Å². The van der Waals surface area contributed by atoms with Gasteiger partial charge in [-0.05, 0) is 43.7 Å². The summed E-state index contributed by atoms with van der Waals surface area (Å²) < 4.78 is 22.1. The van der Waals surface area contributed by atoms with Gasteiger partial charge < -0.3 is 15.2 Å². The summed E-state index contributed by atoms with van der Waals surface area (Å²) in [5.74, 6) is -1.19. The van der Waals surface area contributed by atoms with Crippen LogP contribution in [0.15, 0.2) is 33.9 Å². The van der Waals surface area contributed by atoms with E-state index in [0.717, 1.165) is 4.57 Å². The van der Waals surface area contributed by atoms with Crippen LogP contribution in [0, 0.1) is 17.8 Å². The molecule has 0 radical (unpaired) electrons. The van der Waals surface area contributed by atoms with Crippen molar-refractivity contribution in [2.75, 3.05) is 19.8 Å². The van der Waals surface area contributed by atoms with Crippen LogP contribution in [0.2, 0.25) is 0 Å². The number of carbonyl (C=O) groups is 2. The highest BCUT2D eigenvalue weighted by molar-refractivity contribution is 7.57. The lowest BCUT2D eigenvalue weighted by atomic mass is 9.96. The molecule has 1 aromatic carbocycles. The molecule has 1 unspecified atom stereocenters. The lowest BCUT2D eigenvalue weighted by molar-refractivity contribution is -0.131. The molecule has 37 heavy (non-hydrogen) atoms. The molecule has 3 atom stereocenters. The first kappa shape index (κ1) is 30.5. The van der Waals surface area contributed by atoms with E-state index >= 15 is 0 Å². The first-order chi connectivity index (χ1) is 17.3. The summed E-state index contributed by atoms with van der Waals surface area (Å²) in [5, 5.41) is 5.73. The van der Waals surface area contributed by atoms with Crippen molar-refractivity contribution in [1.82, 2.24) is 19.8 Å². The van der Waals surface area contributed by atoms with Crippen LogP contribution in [0.25, 0.3) is 10.9 Å². The molecular formula is C26H41N4O6P. The van der Waals surface area contributed by atoms with Gasteiger partial charge in [-0.25, -0.2) is 9.36 Å². The van der Waals surface area contributed by atoms with Gasteiger partial charge in [-0.2, -0.15) is 0 Å². The molecule has 0 aliphatic heterocycles. The number of nitrogens with one attached hydrogen (secondary N) is 2. The average Bonchev–Trinajstić information content (AvgIpc) is 2.83. The number of aryl methyl sites for hydroxylation is 1. The number of benzene rings is 1. The van der Waals surface area contributed by atoms with E-state index in [1.165, 1.54) is 11.6 Å². The zero-order chi connectivity index (χ0) is 27.9. The minimum atomic E-state index is -3.67. The molecule has 2 aromatic rings. The van der Waals surface area contributed by atoms with E-state index in [-0.39, 0.29) is 30.5 Å². The monoisotopic (exact) mass is 536 g/mol. The van der Waals surface area contributed by atoms with Gasteiger partial charge in [0.25, 0.3) is 5.56 Å². The van der Waals surface area contributed by atoms with Crippen molar-refractivity contribution >= 4 is 30.1 Å². The maximum atomic E-state index is 14.1. The lowest BCUT2D eigenvalue weighted by Crippen LogP contribution is -2.49. The number of amides is 2. The second-order valence-corrected chi connectivity index (χ2v) is 12.8. The van der Waals surface area contributed by atoms with Gasteiger partial charge in [0.2, 0.25) is 19.2 Å². The number of para-hydroxylation sites is 1. The third kappa shape index (κ3) is 7.89. The highest BCUT2D eigenvalue weighted by atomic mass is 31.2. The maximum Gasteiger partial charge on any atom is 0.331 e. The molecule has 0 saturated carbocycles. The first-order valence-corrected chi connectivity index (χ1v) is 14.8. The Kier molecular flexibility index (Phi) is 10.9. The van der Waals surface area contributed by atoms with Crippen molar-refractivity contribution in [3.05, 3.63) is 45.1 Å². The zero-order valence-corrected chi connectivity index (χ0v) is 23.8. The summed E-state index contributed by atoms with van der Waals surface area (Å²) in [6.45, 7) is 9.57. The number of rotatable bonds is 13. The molecule has 2 amide bonds. The Morgan fingerprint density at radius 2 is 1.65 bits per heavy atom. The van der Waals surface area contributed by atoms with Gasteiger partial charge in [0.15, 0.2) is 0 Å². The summed E-state index contributed by atoms with van der Waals surface area (Å²) in [6.07, 6.45) is 0.250. The van der Waals surface area contributed by atoms with Gasteiger partial charge in [0.1, 0.15) is 12.3 Å². The van der Waals surface area contributed by atoms with Crippen molar-refractivity contribution in [3.8, 4) is 0 Å². The Hall–Kier alpha value is -2.71. The molecular weight excluding hydrogens is 495 g/mol. The molecule has 1 aromatic heterocycles. The molecule has 0 bridgehead atoms. The van der Waals surface area contributed by atoms with Crippen molar-refractivity contribution in [2.45, 2.75) is 59.8 Å². The van der Waals surface area contributed by atoms with E-state index in [1.807, 2.05) is 27.7 Å². The van der Waals surface area contributed by atoms with Gasteiger partial charge in [0.05, 0.1) is 17.5 Å². The summed E-state index contributed by atoms with van der Waals surface area (Å²) in [5.41, 5.74) is -0.687. The van der Waals surface area contributed by atoms with Gasteiger partial charge >= 0.3 is 5.69 Å². The minimum Gasteiger partial charge on any atom is -0.357 e. The van der Waals surface area contributed by atoms with Gasteiger partial charge in [0, 0.05) is 26.2 Å². The Morgan fingerprint density at radius 1 is 1.03 bits per heavy atom. The Morgan fingerprint density at radius 3 is 2.22 bits per heavy atom. The van der Waals surface area contributed by atoms with Crippen LogP contribution >= 0.6 is 7.37 Å². The van der Waals surface area contributed by atoms with Crippen LogP contribution < -0.4 is 21.9 Å². The first-order valence-electron chi connectivity index (χ1n) is 12.8. The quantitative estimate of drug-likeness (QED) is 0.379. The van der Waals surface area contributed by atoms with Crippen molar-refractivity contribution < 1.29 is 18.7 Å². The van der Waals surface area contributed by atoms with E-state index in [9.17, 15) is 23.7 Å². The number of aromatic nitrogens is 2. The molecule has 0 fully saturated rings. The van der Waals surface area contributed by atoms with Crippen LogP contribution in [0.5, 0.6) is 0 Å². The predicted octanol–water partition coefficient (Wildman–Crippen LogP) is 2.91. The number of hydrogen-bond acceptors (Lipinski definition) is 6. The maximum absolute atomic E-state index is 14.1. The molecule has 10 nitrogen and oxygen atoms in total. The molecule has 1 heterocycles. The van der Waals surface area contributed by atoms with Crippen LogP contribution in [-0.4, -0.2) is 46.8 Å². The summed E-state index contributed by atoms with van der Waals surface area (Å²) in [6, 6.07) is 5.99. The molecule has 0 aliphatic carbocycles. The van der Waals surface area contributed by atoms with Gasteiger partial charge in [-0.1, -0.05) is 39.8 Å². The second kappa shape index (κ2) is 13.2. The van der Waals surface area contributed by atoms with E-state index in [4.69, 9.17) is 4.52 Å². The van der Waals surface area contributed by atoms with Crippen molar-refractivity contribution in [1.29, 1.82) is 0 Å². The standard InChI is InChI=1S/C26H41N4O6P/c1-8-36-37(35,16-30-25(33)20-11-9-10-12-22(20)29(7)26(30)34)15-19(13-17(2)3)23(31)28-21(14-18(4)5)24(32)27-6/h9-12,17-19,21H,8,13-16H2,1-7H3,(H,27,32)(H,28,31)/t19-,21+,37?/m1/s1. The number of nitrogens with zero attached hydrogens (tertiary/aromatic N) is 2. The van der Waals surface area contributed by atoms with E-state index in [2.05, 4.69) is 10.6 Å². The van der Waals surface area contributed by atoms with E-state index < -0.39 is 42.8 Å². The molecule has 0 spiro atoms. The Balaban J connectivity index is 2.45. The smallest absolute Gasteiger partial charge is 0.331 e. The van der Waals surface area contributed by atoms with Gasteiger partial charge in [-0.15, -0.1) is 0 Å². The number of fused-ring (bicyclic) bond motifs is 1. The van der Waals surface area contributed by atoms with Crippen molar-refractivity contribution in [3.63, 3.8) is 0 Å². The predicted molar refractivity (Wildman–Crippen MR) is 146 cm³/mol. The highest BCUT2D eigenvalue weighted by Gasteiger charge is 2.35. The molecule has 11 heteroatoms. The minimum absolute atomic E-state index is 0.0875. The number of hydrogen-bond donors (Lipinski definition) is 2. The van der Waals surface area contributed by atoms with Crippen LogP contribution in [-0.2, 0) is 32.0 Å². The lowest BCUT2D eigenvalue weighted by Gasteiger charge is -2.27. The summed E-state index contributed by atoms with van der Waals surface area (Å²) in [4.78, 5) is 52.0. The molecule has 0 aliphatic rings. The summed E-state index contributed by atoms with van der Waals surface area (Å²) in [7, 11) is -0.610. The highest BCUT2D eigenvalue weighted by Crippen LogP contribution is 2.50. The van der Waals surface area contributed by atoms with Crippen LogP contribution in [0.3, 0.4) is 0 Å². The Bertz CT molecular complexity index is 1270. The molecule has 206 valence electrons. The largest absolute Gasteiger partial charge is 0.357 e. The number of carbonyl (C=O) groups excluding carboxylic acids is 2. The molecule has 2 rings (SSSR count). The molecule has 2 N–H and O–H groups in total.